The third kappa shape index (κ3) is 2.48. The van der Waals surface area contributed by atoms with E-state index in [1.165, 1.54) is 0 Å². The number of ether oxygens (including phenoxy) is 1. The molecule has 2 aromatic carbocycles. The summed E-state index contributed by atoms with van der Waals surface area (Å²) in [6.07, 6.45) is 0.809. The molecule has 0 aliphatic rings. The Morgan fingerprint density at radius 3 is 2.38 bits per heavy atom. The molecule has 0 radical (unpaired) electrons. The maximum Gasteiger partial charge on any atom is 0.150 e. The number of aldehydes is 1. The molecule has 2 aromatic rings. The van der Waals surface area contributed by atoms with Gasteiger partial charge >= 0.3 is 0 Å². The van der Waals surface area contributed by atoms with Crippen LogP contribution in [0.25, 0.3) is 0 Å². The van der Waals surface area contributed by atoms with Crippen molar-refractivity contribution in [3.05, 3.63) is 59.7 Å². The van der Waals surface area contributed by atoms with Crippen LogP contribution in [0.15, 0.2) is 48.5 Å². The van der Waals surface area contributed by atoms with E-state index in [0.717, 1.165) is 17.6 Å². The van der Waals surface area contributed by atoms with Gasteiger partial charge in [-0.2, -0.15) is 0 Å². The van der Waals surface area contributed by atoms with Crippen LogP contribution in [-0.4, -0.2) is 6.29 Å². The van der Waals surface area contributed by atoms with Crippen LogP contribution < -0.4 is 4.74 Å². The Kier molecular flexibility index (Phi) is 3.01. The summed E-state index contributed by atoms with van der Waals surface area (Å²) in [6, 6.07) is 14.9. The molecular weight excluding hydrogens is 200 g/mol. The molecule has 0 heterocycles. The molecule has 0 aliphatic heterocycles. The minimum Gasteiger partial charge on any atom is -0.457 e. The lowest BCUT2D eigenvalue weighted by Gasteiger charge is -2.06. The molecule has 2 nitrogen and oxygen atoms in total. The Hall–Kier alpha value is -2.09. The number of aryl methyl sites for hydroxylation is 1. The van der Waals surface area contributed by atoms with Gasteiger partial charge < -0.3 is 4.74 Å². The van der Waals surface area contributed by atoms with Gasteiger partial charge in [-0.05, 0) is 36.8 Å². The molecule has 0 amide bonds. The van der Waals surface area contributed by atoms with Crippen molar-refractivity contribution in [3.8, 4) is 11.5 Å². The van der Waals surface area contributed by atoms with Gasteiger partial charge in [0.2, 0.25) is 0 Å². The zero-order valence-corrected chi connectivity index (χ0v) is 9.01. The van der Waals surface area contributed by atoms with Crippen molar-refractivity contribution in [2.75, 3.05) is 0 Å². The van der Waals surface area contributed by atoms with Crippen molar-refractivity contribution < 1.29 is 9.53 Å². The maximum atomic E-state index is 10.6. The van der Waals surface area contributed by atoms with Crippen LogP contribution in [0.4, 0.5) is 0 Å². The number of hydrogen-bond donors (Lipinski definition) is 0. The molecule has 2 heteroatoms. The zero-order valence-electron chi connectivity index (χ0n) is 9.01. The van der Waals surface area contributed by atoms with Crippen LogP contribution in [0.1, 0.15) is 15.9 Å². The first-order chi connectivity index (χ1) is 7.78. The van der Waals surface area contributed by atoms with Crippen molar-refractivity contribution in [2.24, 2.45) is 0 Å². The lowest BCUT2D eigenvalue weighted by atomic mass is 10.2. The SMILES string of the molecule is Cc1cccc(Oc2cccc(C=O)c2)c1. The highest BCUT2D eigenvalue weighted by Crippen LogP contribution is 2.22. The molecule has 2 rings (SSSR count). The van der Waals surface area contributed by atoms with E-state index in [4.69, 9.17) is 4.74 Å². The Bertz CT molecular complexity index is 504. The quantitative estimate of drug-likeness (QED) is 0.726. The molecule has 0 aromatic heterocycles. The predicted molar refractivity (Wildman–Crippen MR) is 63.1 cm³/mol. The second-order valence-electron chi connectivity index (χ2n) is 3.61. The first kappa shape index (κ1) is 10.4. The molecule has 0 bridgehead atoms. The summed E-state index contributed by atoms with van der Waals surface area (Å²) < 4.78 is 5.64. The fourth-order valence-corrected chi connectivity index (χ4v) is 1.47. The van der Waals surface area contributed by atoms with E-state index in [9.17, 15) is 4.79 Å². The normalized spacial score (nSPS) is 9.81. The van der Waals surface area contributed by atoms with Gasteiger partial charge in [-0.15, -0.1) is 0 Å². The van der Waals surface area contributed by atoms with Gasteiger partial charge in [0.15, 0.2) is 0 Å². The smallest absolute Gasteiger partial charge is 0.150 e. The number of rotatable bonds is 3. The summed E-state index contributed by atoms with van der Waals surface area (Å²) in [5.74, 6) is 1.46. The molecule has 16 heavy (non-hydrogen) atoms. The molecule has 0 spiro atoms. The van der Waals surface area contributed by atoms with E-state index in [0.29, 0.717) is 11.3 Å². The van der Waals surface area contributed by atoms with Gasteiger partial charge in [0, 0.05) is 5.56 Å². The van der Waals surface area contributed by atoms with Crippen molar-refractivity contribution in [2.45, 2.75) is 6.92 Å². The topological polar surface area (TPSA) is 26.3 Å². The summed E-state index contributed by atoms with van der Waals surface area (Å²) in [4.78, 5) is 10.6. The Balaban J connectivity index is 2.23. The molecular formula is C14H12O2. The summed E-state index contributed by atoms with van der Waals surface area (Å²) in [6.45, 7) is 2.01. The van der Waals surface area contributed by atoms with E-state index in [1.807, 2.05) is 37.3 Å². The van der Waals surface area contributed by atoms with Gasteiger partial charge in [-0.3, -0.25) is 4.79 Å². The van der Waals surface area contributed by atoms with E-state index < -0.39 is 0 Å². The number of benzene rings is 2. The van der Waals surface area contributed by atoms with Gasteiger partial charge in [-0.25, -0.2) is 0 Å². The van der Waals surface area contributed by atoms with E-state index >= 15 is 0 Å². The maximum absolute atomic E-state index is 10.6. The third-order valence-electron chi connectivity index (χ3n) is 2.22. The highest BCUT2D eigenvalue weighted by atomic mass is 16.5. The third-order valence-corrected chi connectivity index (χ3v) is 2.22. The van der Waals surface area contributed by atoms with Crippen molar-refractivity contribution in [3.63, 3.8) is 0 Å². The Morgan fingerprint density at radius 2 is 1.69 bits per heavy atom. The van der Waals surface area contributed by atoms with Crippen molar-refractivity contribution >= 4 is 6.29 Å². The largest absolute Gasteiger partial charge is 0.457 e. The zero-order chi connectivity index (χ0) is 11.4. The van der Waals surface area contributed by atoms with E-state index in [-0.39, 0.29) is 0 Å². The van der Waals surface area contributed by atoms with Gasteiger partial charge in [0.05, 0.1) is 0 Å². The molecule has 80 valence electrons. The van der Waals surface area contributed by atoms with Gasteiger partial charge in [0.1, 0.15) is 17.8 Å². The second kappa shape index (κ2) is 4.62. The van der Waals surface area contributed by atoms with Crippen LogP contribution in [0.2, 0.25) is 0 Å². The summed E-state index contributed by atoms with van der Waals surface area (Å²) in [5, 5.41) is 0. The van der Waals surface area contributed by atoms with E-state index in [2.05, 4.69) is 0 Å². The van der Waals surface area contributed by atoms with Crippen LogP contribution in [0.3, 0.4) is 0 Å². The van der Waals surface area contributed by atoms with Gasteiger partial charge in [-0.1, -0.05) is 24.3 Å². The average Bonchev–Trinajstić information content (AvgIpc) is 2.29. The minimum absolute atomic E-state index is 0.616. The Morgan fingerprint density at radius 1 is 1.00 bits per heavy atom. The van der Waals surface area contributed by atoms with E-state index in [1.54, 1.807) is 18.2 Å². The summed E-state index contributed by atoms with van der Waals surface area (Å²) >= 11 is 0. The number of hydrogen-bond acceptors (Lipinski definition) is 2. The van der Waals surface area contributed by atoms with Crippen molar-refractivity contribution in [1.29, 1.82) is 0 Å². The lowest BCUT2D eigenvalue weighted by Crippen LogP contribution is -1.86. The fourth-order valence-electron chi connectivity index (χ4n) is 1.47. The first-order valence-corrected chi connectivity index (χ1v) is 5.08. The highest BCUT2D eigenvalue weighted by Gasteiger charge is 1.98. The van der Waals surface area contributed by atoms with Crippen LogP contribution in [0.5, 0.6) is 11.5 Å². The summed E-state index contributed by atoms with van der Waals surface area (Å²) in [7, 11) is 0. The fraction of sp³-hybridized carbons (Fsp3) is 0.0714. The highest BCUT2D eigenvalue weighted by molar-refractivity contribution is 5.75. The Labute approximate surface area is 94.5 Å². The first-order valence-electron chi connectivity index (χ1n) is 5.08. The number of carbonyl (C=O) groups excluding carboxylic acids is 1. The lowest BCUT2D eigenvalue weighted by molar-refractivity contribution is 0.112. The van der Waals surface area contributed by atoms with Gasteiger partial charge in [0.25, 0.3) is 0 Å². The molecule has 0 aliphatic carbocycles. The van der Waals surface area contributed by atoms with Crippen LogP contribution in [0, 0.1) is 6.92 Å². The molecule has 0 N–H and O–H groups in total. The standard InChI is InChI=1S/C14H12O2/c1-11-4-2-6-13(8-11)16-14-7-3-5-12(9-14)10-15/h2-10H,1H3. The van der Waals surface area contributed by atoms with Crippen LogP contribution >= 0.6 is 0 Å². The molecule has 0 saturated heterocycles. The number of carbonyl (C=O) groups is 1. The molecule has 0 unspecified atom stereocenters. The minimum atomic E-state index is 0.616. The molecule has 0 atom stereocenters. The second-order valence-corrected chi connectivity index (χ2v) is 3.61. The monoisotopic (exact) mass is 212 g/mol. The van der Waals surface area contributed by atoms with Crippen molar-refractivity contribution in [1.82, 2.24) is 0 Å². The average molecular weight is 212 g/mol. The molecule has 0 fully saturated rings. The summed E-state index contributed by atoms with van der Waals surface area (Å²) in [5.41, 5.74) is 1.76. The van der Waals surface area contributed by atoms with Crippen LogP contribution in [-0.2, 0) is 0 Å². The predicted octanol–water partition coefficient (Wildman–Crippen LogP) is 3.60. The molecule has 0 saturated carbocycles.